The van der Waals surface area contributed by atoms with Gasteiger partial charge in [0.15, 0.2) is 0 Å². The number of aliphatic hydroxyl groups is 1. The van der Waals surface area contributed by atoms with E-state index in [1.165, 1.54) is 18.7 Å². The van der Waals surface area contributed by atoms with E-state index in [1.807, 2.05) is 25.4 Å². The van der Waals surface area contributed by atoms with Crippen LogP contribution in [0.3, 0.4) is 0 Å². The van der Waals surface area contributed by atoms with Crippen molar-refractivity contribution < 1.29 is 67.7 Å². The molecule has 0 bridgehead atoms. The fourth-order valence-electron chi connectivity index (χ4n) is 6.65. The van der Waals surface area contributed by atoms with Gasteiger partial charge in [-0.3, -0.25) is 57.5 Å². The maximum absolute atomic E-state index is 13.8. The molecule has 0 aliphatic rings. The first-order valence-corrected chi connectivity index (χ1v) is 25.6. The molecular formula is C45H81N13O14S. The van der Waals surface area contributed by atoms with Crippen molar-refractivity contribution in [3.63, 3.8) is 0 Å². The fraction of sp³-hybridized carbons (Fsp3) is 0.733. The number of carboxylic acids is 1. The van der Waals surface area contributed by atoms with Gasteiger partial charge in [-0.2, -0.15) is 11.8 Å². The molecule has 0 fully saturated rings. The molecule has 0 saturated heterocycles. The number of hydrogen-bond acceptors (Lipinski definition) is 16. The molecule has 27 nitrogen and oxygen atoms in total. The lowest BCUT2D eigenvalue weighted by molar-refractivity contribution is -0.139. The van der Waals surface area contributed by atoms with Crippen LogP contribution in [-0.4, -0.2) is 174 Å². The number of nitrogens with two attached hydrogens (primary N) is 3. The van der Waals surface area contributed by atoms with Crippen LogP contribution < -0.4 is 70.4 Å². The van der Waals surface area contributed by atoms with Gasteiger partial charge < -0.3 is 80.6 Å². The van der Waals surface area contributed by atoms with Gasteiger partial charge in [-0.1, -0.05) is 54.4 Å². The molecule has 0 unspecified atom stereocenters. The Hall–Kier alpha value is -6.13. The van der Waals surface area contributed by atoms with Crippen molar-refractivity contribution in [3.8, 4) is 0 Å². The van der Waals surface area contributed by atoms with E-state index in [0.29, 0.717) is 37.9 Å². The summed E-state index contributed by atoms with van der Waals surface area (Å²) in [5, 5.41) is 42.6. The monoisotopic (exact) mass is 1060 g/mol. The standard InChI is InChI=1S/C45H81N13O14S/c1-9-24(5)36(57-34(62)20-50-40(67)29(17-23(3)4)54-39(66)27(47)14-16-73-8)45(72)58-37(25(6)10-2)44(71)52-26(7)38(65)49-19-33(61)53-28(13-11-12-15-46)42(69)55-30(18-32(48)60)43(70)56-31(22-59)41(68)51-21-35(63)64/h23-31,36-37,59H,9-22,46-47H2,1-8H3,(H2,48,60)(H,49,65)(H,50,67)(H,51,68)(H,52,71)(H,53,61)(H,54,66)(H,55,69)(H,56,70)(H,57,62)(H,58,72)(H,63,64)/t24-,25-,26+,27+,28-,29+,30-,31-,36-,37-/m0/s1. The van der Waals surface area contributed by atoms with Crippen molar-refractivity contribution in [3.05, 3.63) is 0 Å². The van der Waals surface area contributed by atoms with Gasteiger partial charge in [-0.15, -0.1) is 0 Å². The molecule has 0 aromatic rings. The maximum Gasteiger partial charge on any atom is 0.322 e. The summed E-state index contributed by atoms with van der Waals surface area (Å²) in [4.78, 5) is 154. The zero-order valence-electron chi connectivity index (χ0n) is 43.2. The molecular weight excluding hydrogens is 979 g/mol. The Kier molecular flexibility index (Phi) is 32.9. The normalized spacial score (nSPS) is 15.1. The summed E-state index contributed by atoms with van der Waals surface area (Å²) < 4.78 is 0. The van der Waals surface area contributed by atoms with Gasteiger partial charge in [0.2, 0.25) is 65.0 Å². The minimum Gasteiger partial charge on any atom is -0.480 e. The summed E-state index contributed by atoms with van der Waals surface area (Å²) in [5.41, 5.74) is 16.9. The molecule has 0 spiro atoms. The third-order valence-corrected chi connectivity index (χ3v) is 12.0. The summed E-state index contributed by atoms with van der Waals surface area (Å²) in [6.45, 7) is 9.15. The molecule has 28 heteroatoms. The van der Waals surface area contributed by atoms with Gasteiger partial charge in [0.25, 0.3) is 0 Å². The van der Waals surface area contributed by atoms with Crippen LogP contribution in [0.25, 0.3) is 0 Å². The van der Waals surface area contributed by atoms with E-state index in [4.69, 9.17) is 22.3 Å². The lowest BCUT2D eigenvalue weighted by Crippen LogP contribution is -2.60. The second kappa shape index (κ2) is 35.9. The Morgan fingerprint density at radius 3 is 1.56 bits per heavy atom. The number of primary amides is 1. The first-order valence-electron chi connectivity index (χ1n) is 24.3. The Bertz CT molecular complexity index is 1880. The number of thioether (sulfide) groups is 1. The number of carbonyl (C=O) groups excluding carboxylic acids is 11. The molecule has 0 aromatic heterocycles. The van der Waals surface area contributed by atoms with Gasteiger partial charge in [0, 0.05) is 0 Å². The van der Waals surface area contributed by atoms with E-state index in [-0.39, 0.29) is 25.3 Å². The Morgan fingerprint density at radius 1 is 0.548 bits per heavy atom. The second-order valence-electron chi connectivity index (χ2n) is 18.0. The molecule has 0 heterocycles. The van der Waals surface area contributed by atoms with Crippen molar-refractivity contribution in [1.82, 2.24) is 53.2 Å². The third kappa shape index (κ3) is 26.9. The average Bonchev–Trinajstić information content (AvgIpc) is 3.33. The van der Waals surface area contributed by atoms with E-state index in [2.05, 4.69) is 47.9 Å². The minimum atomic E-state index is -1.72. The molecule has 0 radical (unpaired) electrons. The summed E-state index contributed by atoms with van der Waals surface area (Å²) in [6.07, 6.45) is 3.25. The smallest absolute Gasteiger partial charge is 0.322 e. The molecule has 18 N–H and O–H groups in total. The molecule has 10 atom stereocenters. The van der Waals surface area contributed by atoms with Crippen LogP contribution in [-0.2, 0) is 57.5 Å². The number of carboxylic acid groups (broad SMARTS) is 1. The van der Waals surface area contributed by atoms with Gasteiger partial charge in [0.05, 0.1) is 32.2 Å². The zero-order valence-corrected chi connectivity index (χ0v) is 44.0. The van der Waals surface area contributed by atoms with Gasteiger partial charge in [0.1, 0.15) is 48.8 Å². The van der Waals surface area contributed by atoms with Crippen molar-refractivity contribution in [2.75, 3.05) is 44.8 Å². The van der Waals surface area contributed by atoms with Crippen molar-refractivity contribution in [2.24, 2.45) is 35.0 Å². The van der Waals surface area contributed by atoms with Crippen LogP contribution >= 0.6 is 11.8 Å². The highest BCUT2D eigenvalue weighted by molar-refractivity contribution is 7.98. The van der Waals surface area contributed by atoms with Crippen LogP contribution in [0.5, 0.6) is 0 Å². The third-order valence-electron chi connectivity index (χ3n) is 11.4. The van der Waals surface area contributed by atoms with Crippen LogP contribution in [0.4, 0.5) is 0 Å². The average molecular weight is 1060 g/mol. The zero-order chi connectivity index (χ0) is 56.0. The highest BCUT2D eigenvalue weighted by atomic mass is 32.2. The lowest BCUT2D eigenvalue weighted by atomic mass is 9.94. The lowest BCUT2D eigenvalue weighted by Gasteiger charge is -2.29. The number of rotatable bonds is 37. The predicted octanol–water partition coefficient (Wildman–Crippen LogP) is -4.95. The SMILES string of the molecule is CC[C@H](C)[C@H](NC(=O)CNC(=O)[C@@H](CC(C)C)NC(=O)[C@H](N)CCSC)C(=O)N[C@H](C(=O)N[C@H](C)C(=O)NCC(=O)N[C@@H](CCCCN)C(=O)N[C@@H](CC(N)=O)C(=O)N[C@@H](CO)C(=O)NCC(=O)O)[C@@H](C)CC. The Balaban J connectivity index is 5.88. The number of amides is 11. The van der Waals surface area contributed by atoms with Gasteiger partial charge in [-0.05, 0) is 75.3 Å². The summed E-state index contributed by atoms with van der Waals surface area (Å²) in [5.74, 6) is -11.0. The van der Waals surface area contributed by atoms with E-state index in [0.717, 1.165) is 0 Å². The Morgan fingerprint density at radius 2 is 1.04 bits per heavy atom. The maximum atomic E-state index is 13.8. The van der Waals surface area contributed by atoms with Crippen LogP contribution in [0, 0.1) is 17.8 Å². The van der Waals surface area contributed by atoms with Crippen molar-refractivity contribution >= 4 is 82.7 Å². The highest BCUT2D eigenvalue weighted by Gasteiger charge is 2.35. The van der Waals surface area contributed by atoms with Gasteiger partial charge in [-0.25, -0.2) is 0 Å². The largest absolute Gasteiger partial charge is 0.480 e. The molecule has 11 amide bonds. The quantitative estimate of drug-likeness (QED) is 0.0259. The molecule has 416 valence electrons. The molecule has 0 aliphatic heterocycles. The number of unbranched alkanes of at least 4 members (excludes halogenated alkanes) is 1. The van der Waals surface area contributed by atoms with Crippen LogP contribution in [0.2, 0.25) is 0 Å². The van der Waals surface area contributed by atoms with E-state index in [9.17, 15) is 62.6 Å². The molecule has 73 heavy (non-hydrogen) atoms. The molecule has 0 rings (SSSR count). The van der Waals surface area contributed by atoms with Crippen molar-refractivity contribution in [2.45, 2.75) is 148 Å². The first-order chi connectivity index (χ1) is 34.3. The van der Waals surface area contributed by atoms with Crippen LogP contribution in [0.15, 0.2) is 0 Å². The first kappa shape index (κ1) is 66.9. The number of nitrogens with one attached hydrogen (secondary N) is 10. The number of aliphatic hydroxyl groups excluding tert-OH is 1. The molecule has 0 aliphatic carbocycles. The Labute approximate surface area is 430 Å². The predicted molar refractivity (Wildman–Crippen MR) is 269 cm³/mol. The second-order valence-corrected chi connectivity index (χ2v) is 19.0. The van der Waals surface area contributed by atoms with Crippen LogP contribution in [0.1, 0.15) is 99.8 Å². The van der Waals surface area contributed by atoms with E-state index < -0.39 is 164 Å². The number of aliphatic carboxylic acids is 1. The minimum absolute atomic E-state index is 0.00106. The number of carbonyl (C=O) groups is 12. The highest BCUT2D eigenvalue weighted by Crippen LogP contribution is 2.13. The fourth-order valence-corrected chi connectivity index (χ4v) is 7.14. The summed E-state index contributed by atoms with van der Waals surface area (Å²) in [6, 6.07) is -10.2. The van der Waals surface area contributed by atoms with E-state index in [1.54, 1.807) is 27.7 Å². The number of hydrogen-bond donors (Lipinski definition) is 15. The molecule has 0 saturated carbocycles. The topological polar surface area (TPSA) is 444 Å². The summed E-state index contributed by atoms with van der Waals surface area (Å²) in [7, 11) is 0. The van der Waals surface area contributed by atoms with Crippen molar-refractivity contribution in [1.29, 1.82) is 0 Å². The molecule has 0 aromatic carbocycles. The van der Waals surface area contributed by atoms with Gasteiger partial charge >= 0.3 is 5.97 Å². The summed E-state index contributed by atoms with van der Waals surface area (Å²) >= 11 is 1.52. The van der Waals surface area contributed by atoms with E-state index >= 15 is 0 Å².